The topological polar surface area (TPSA) is 68.1 Å². The number of nitrogens with zero attached hydrogens (tertiary/aromatic N) is 5. The molecule has 1 aliphatic heterocycles. The highest BCUT2D eigenvalue weighted by Crippen LogP contribution is 2.18. The van der Waals surface area contributed by atoms with Gasteiger partial charge in [0.25, 0.3) is 0 Å². The van der Waals surface area contributed by atoms with Gasteiger partial charge in [-0.3, -0.25) is 4.90 Å². The number of aromatic nitrogens is 4. The lowest BCUT2D eigenvalue weighted by molar-refractivity contribution is 0.209. The zero-order valence-electron chi connectivity index (χ0n) is 13.1. The third kappa shape index (κ3) is 3.73. The van der Waals surface area contributed by atoms with Crippen molar-refractivity contribution < 1.29 is 4.74 Å². The fraction of sp³-hybridized carbons (Fsp3) is 0.533. The molecule has 2 aromatic rings. The maximum atomic E-state index is 5.12. The SMILES string of the molecule is COc1cc(NC2CCN(Cc3cn(C)cn3)CC2)ncn1. The smallest absolute Gasteiger partial charge is 0.218 e. The summed E-state index contributed by atoms with van der Waals surface area (Å²) in [7, 11) is 3.62. The van der Waals surface area contributed by atoms with Gasteiger partial charge in [-0.1, -0.05) is 0 Å². The van der Waals surface area contributed by atoms with Gasteiger partial charge in [-0.2, -0.15) is 0 Å². The molecule has 0 radical (unpaired) electrons. The minimum atomic E-state index is 0.444. The molecule has 1 saturated heterocycles. The number of piperidine rings is 1. The summed E-state index contributed by atoms with van der Waals surface area (Å²) >= 11 is 0. The summed E-state index contributed by atoms with van der Waals surface area (Å²) in [5, 5.41) is 3.47. The summed E-state index contributed by atoms with van der Waals surface area (Å²) in [4.78, 5) is 15.1. The molecule has 2 aromatic heterocycles. The van der Waals surface area contributed by atoms with E-state index in [1.807, 2.05) is 24.0 Å². The summed E-state index contributed by atoms with van der Waals surface area (Å²) in [6.07, 6.45) is 7.65. The van der Waals surface area contributed by atoms with Crippen LogP contribution in [0.5, 0.6) is 5.88 Å². The van der Waals surface area contributed by atoms with Crippen molar-refractivity contribution in [2.45, 2.75) is 25.4 Å². The van der Waals surface area contributed by atoms with Gasteiger partial charge in [0.2, 0.25) is 5.88 Å². The second-order valence-electron chi connectivity index (χ2n) is 5.67. The molecular formula is C15H22N6O. The van der Waals surface area contributed by atoms with Crippen LogP contribution >= 0.6 is 0 Å². The maximum absolute atomic E-state index is 5.12. The lowest BCUT2D eigenvalue weighted by Gasteiger charge is -2.32. The fourth-order valence-electron chi connectivity index (χ4n) is 2.75. The van der Waals surface area contributed by atoms with E-state index in [-0.39, 0.29) is 0 Å². The summed E-state index contributed by atoms with van der Waals surface area (Å²) < 4.78 is 7.11. The minimum absolute atomic E-state index is 0.444. The summed E-state index contributed by atoms with van der Waals surface area (Å²) in [5.41, 5.74) is 1.13. The van der Waals surface area contributed by atoms with Crippen molar-refractivity contribution in [2.24, 2.45) is 7.05 Å². The van der Waals surface area contributed by atoms with Gasteiger partial charge in [0.1, 0.15) is 12.1 Å². The van der Waals surface area contributed by atoms with Gasteiger partial charge >= 0.3 is 0 Å². The number of rotatable bonds is 5. The molecule has 0 amide bonds. The first kappa shape index (κ1) is 14.8. The van der Waals surface area contributed by atoms with E-state index < -0.39 is 0 Å². The molecule has 7 heteroatoms. The van der Waals surface area contributed by atoms with Crippen molar-refractivity contribution in [3.63, 3.8) is 0 Å². The molecule has 118 valence electrons. The Hall–Kier alpha value is -2.15. The van der Waals surface area contributed by atoms with Crippen LogP contribution in [-0.4, -0.2) is 50.7 Å². The van der Waals surface area contributed by atoms with Gasteiger partial charge in [0.15, 0.2) is 0 Å². The van der Waals surface area contributed by atoms with Crippen molar-refractivity contribution >= 4 is 5.82 Å². The number of imidazole rings is 1. The predicted molar refractivity (Wildman–Crippen MR) is 83.7 cm³/mol. The standard InChI is InChI=1S/C15H22N6O/c1-20-8-13(18-11-20)9-21-5-3-12(4-6-21)19-14-7-15(22-2)17-10-16-14/h7-8,10-12H,3-6,9H2,1-2H3,(H,16,17,19). The van der Waals surface area contributed by atoms with Crippen LogP contribution in [0.2, 0.25) is 0 Å². The van der Waals surface area contributed by atoms with E-state index in [9.17, 15) is 0 Å². The van der Waals surface area contributed by atoms with E-state index in [0.29, 0.717) is 11.9 Å². The first-order valence-electron chi connectivity index (χ1n) is 7.54. The van der Waals surface area contributed by atoms with Gasteiger partial charge in [0, 0.05) is 45.0 Å². The van der Waals surface area contributed by atoms with E-state index >= 15 is 0 Å². The Morgan fingerprint density at radius 3 is 2.77 bits per heavy atom. The van der Waals surface area contributed by atoms with Crippen LogP contribution < -0.4 is 10.1 Å². The number of hydrogen-bond acceptors (Lipinski definition) is 6. The molecular weight excluding hydrogens is 280 g/mol. The van der Waals surface area contributed by atoms with Crippen LogP contribution in [0.3, 0.4) is 0 Å². The monoisotopic (exact) mass is 302 g/mol. The Morgan fingerprint density at radius 1 is 1.27 bits per heavy atom. The second-order valence-corrected chi connectivity index (χ2v) is 5.67. The van der Waals surface area contributed by atoms with Crippen molar-refractivity contribution in [3.05, 3.63) is 30.6 Å². The average Bonchev–Trinajstić information content (AvgIpc) is 2.94. The molecule has 1 N–H and O–H groups in total. The first-order chi connectivity index (χ1) is 10.7. The molecule has 3 heterocycles. The Balaban J connectivity index is 1.49. The Kier molecular flexibility index (Phi) is 4.53. The molecule has 0 unspecified atom stereocenters. The highest BCUT2D eigenvalue weighted by atomic mass is 16.5. The van der Waals surface area contributed by atoms with Gasteiger partial charge in [-0.05, 0) is 12.8 Å². The molecule has 0 saturated carbocycles. The predicted octanol–water partition coefficient (Wildman–Crippen LogP) is 1.30. The molecule has 0 aromatic carbocycles. The normalized spacial score (nSPS) is 16.6. The third-order valence-corrected chi connectivity index (χ3v) is 3.93. The molecule has 0 bridgehead atoms. The van der Waals surface area contributed by atoms with Crippen LogP contribution in [-0.2, 0) is 13.6 Å². The molecule has 1 fully saturated rings. The summed E-state index contributed by atoms with van der Waals surface area (Å²) in [5.74, 6) is 1.42. The lowest BCUT2D eigenvalue weighted by Crippen LogP contribution is -2.38. The molecule has 7 nitrogen and oxygen atoms in total. The largest absolute Gasteiger partial charge is 0.481 e. The Morgan fingerprint density at radius 2 is 2.09 bits per heavy atom. The number of likely N-dealkylation sites (tertiary alicyclic amines) is 1. The summed E-state index contributed by atoms with van der Waals surface area (Å²) in [6.45, 7) is 3.06. The van der Waals surface area contributed by atoms with E-state index in [1.165, 1.54) is 6.33 Å². The van der Waals surface area contributed by atoms with Crippen molar-refractivity contribution in [1.82, 2.24) is 24.4 Å². The molecule has 0 spiro atoms. The van der Waals surface area contributed by atoms with Crippen LogP contribution in [0.1, 0.15) is 18.5 Å². The van der Waals surface area contributed by atoms with E-state index in [1.54, 1.807) is 7.11 Å². The van der Waals surface area contributed by atoms with Crippen LogP contribution in [0, 0.1) is 0 Å². The van der Waals surface area contributed by atoms with Crippen LogP contribution in [0.15, 0.2) is 24.9 Å². The quantitative estimate of drug-likeness (QED) is 0.898. The number of ether oxygens (including phenoxy) is 1. The van der Waals surface area contributed by atoms with Crippen LogP contribution in [0.4, 0.5) is 5.82 Å². The molecule has 22 heavy (non-hydrogen) atoms. The highest BCUT2D eigenvalue weighted by Gasteiger charge is 2.20. The Bertz CT molecular complexity index is 606. The maximum Gasteiger partial charge on any atom is 0.218 e. The lowest BCUT2D eigenvalue weighted by atomic mass is 10.0. The average molecular weight is 302 g/mol. The minimum Gasteiger partial charge on any atom is -0.481 e. The van der Waals surface area contributed by atoms with Gasteiger partial charge in [-0.15, -0.1) is 0 Å². The highest BCUT2D eigenvalue weighted by molar-refractivity contribution is 5.38. The molecule has 0 aliphatic carbocycles. The van der Waals surface area contributed by atoms with Crippen molar-refractivity contribution in [3.8, 4) is 5.88 Å². The number of nitrogens with one attached hydrogen (secondary N) is 1. The zero-order valence-corrected chi connectivity index (χ0v) is 13.1. The van der Waals surface area contributed by atoms with Gasteiger partial charge in [0.05, 0.1) is 19.1 Å². The van der Waals surface area contributed by atoms with E-state index in [0.717, 1.165) is 44.0 Å². The molecule has 3 rings (SSSR count). The zero-order chi connectivity index (χ0) is 15.4. The number of anilines is 1. The van der Waals surface area contributed by atoms with Crippen molar-refractivity contribution in [2.75, 3.05) is 25.5 Å². The third-order valence-electron chi connectivity index (χ3n) is 3.93. The fourth-order valence-corrected chi connectivity index (χ4v) is 2.75. The van der Waals surface area contributed by atoms with E-state index in [2.05, 4.69) is 31.4 Å². The second kappa shape index (κ2) is 6.74. The molecule has 0 atom stereocenters. The number of methoxy groups -OCH3 is 1. The van der Waals surface area contributed by atoms with E-state index in [4.69, 9.17) is 4.74 Å². The van der Waals surface area contributed by atoms with Gasteiger partial charge < -0.3 is 14.6 Å². The molecule has 1 aliphatic rings. The number of hydrogen-bond donors (Lipinski definition) is 1. The van der Waals surface area contributed by atoms with Crippen LogP contribution in [0.25, 0.3) is 0 Å². The summed E-state index contributed by atoms with van der Waals surface area (Å²) in [6, 6.07) is 2.28. The Labute approximate surface area is 130 Å². The van der Waals surface area contributed by atoms with Gasteiger partial charge in [-0.25, -0.2) is 15.0 Å². The first-order valence-corrected chi connectivity index (χ1v) is 7.54. The number of aryl methyl sites for hydroxylation is 1. The van der Waals surface area contributed by atoms with Crippen molar-refractivity contribution in [1.29, 1.82) is 0 Å².